The van der Waals surface area contributed by atoms with E-state index in [-0.39, 0.29) is 20.4 Å². The van der Waals surface area contributed by atoms with Crippen molar-refractivity contribution in [1.82, 2.24) is 19.9 Å². The molecule has 0 amide bonds. The fraction of sp³-hybridized carbons (Fsp3) is 0. The summed E-state index contributed by atoms with van der Waals surface area (Å²) in [7, 11) is 0. The minimum Gasteiger partial charge on any atom is -0.388 e. The Bertz CT molecular complexity index is 1060. The summed E-state index contributed by atoms with van der Waals surface area (Å²) < 4.78 is 0. The third-order valence-corrected chi connectivity index (χ3v) is 4.28. The molecule has 4 aromatic heterocycles. The largest absolute Gasteiger partial charge is 0.388 e. The molecule has 0 aliphatic rings. The summed E-state index contributed by atoms with van der Waals surface area (Å²) in [6, 6.07) is 22.4. The molecule has 9 heteroatoms. The summed E-state index contributed by atoms with van der Waals surface area (Å²) in [6.07, 6.45) is 3.45. The molecule has 0 fully saturated rings. The third-order valence-electron chi connectivity index (χ3n) is 3.86. The summed E-state index contributed by atoms with van der Waals surface area (Å²) in [5.74, 6) is 0. The molecule has 0 unspecified atom stereocenters. The van der Waals surface area contributed by atoms with E-state index in [1.807, 2.05) is 60.7 Å². The Labute approximate surface area is 204 Å². The van der Waals surface area contributed by atoms with Crippen LogP contribution in [-0.2, 0) is 20.4 Å². The third kappa shape index (κ3) is 7.05. The van der Waals surface area contributed by atoms with Crippen molar-refractivity contribution in [3.8, 4) is 22.8 Å². The zero-order chi connectivity index (χ0) is 21.3. The van der Waals surface area contributed by atoms with Gasteiger partial charge in [0.25, 0.3) is 0 Å². The van der Waals surface area contributed by atoms with Gasteiger partial charge in [-0.3, -0.25) is 9.97 Å². The maximum absolute atomic E-state index is 5.51. The molecular weight excluding hydrogens is 519 g/mol. The van der Waals surface area contributed by atoms with Crippen LogP contribution in [0.15, 0.2) is 85.2 Å². The number of pyridine rings is 4. The molecule has 0 spiro atoms. The molecular formula is C22H18N6PdS2. The Morgan fingerprint density at radius 1 is 0.548 bits per heavy atom. The average Bonchev–Trinajstić information content (AvgIpc) is 2.81. The second-order valence-corrected chi connectivity index (χ2v) is 6.85. The molecule has 0 aliphatic carbocycles. The first-order valence-electron chi connectivity index (χ1n) is 8.91. The molecule has 0 saturated carbocycles. The molecule has 0 atom stereocenters. The van der Waals surface area contributed by atoms with E-state index in [0.717, 1.165) is 22.8 Å². The number of nitrogens with two attached hydrogens (primary N) is 2. The SMILES string of the molecule is NC(=S)c1cccc(-c2ccccn2)n1.NC(=S)c1cccc(-c2ccccn2)n1.[Pd]. The number of nitrogens with zero attached hydrogens (tertiary/aromatic N) is 4. The van der Waals surface area contributed by atoms with Gasteiger partial charge < -0.3 is 11.5 Å². The number of hydrogen-bond donors (Lipinski definition) is 2. The van der Waals surface area contributed by atoms with E-state index in [2.05, 4.69) is 19.9 Å². The molecule has 0 radical (unpaired) electrons. The van der Waals surface area contributed by atoms with Crippen molar-refractivity contribution in [2.45, 2.75) is 0 Å². The first-order valence-corrected chi connectivity index (χ1v) is 9.73. The number of aromatic nitrogens is 4. The summed E-state index contributed by atoms with van der Waals surface area (Å²) in [5, 5.41) is 0. The van der Waals surface area contributed by atoms with Crippen molar-refractivity contribution in [3.05, 3.63) is 96.6 Å². The van der Waals surface area contributed by atoms with Crippen LogP contribution in [0.1, 0.15) is 11.4 Å². The van der Waals surface area contributed by atoms with Crippen LogP contribution in [0.4, 0.5) is 0 Å². The van der Waals surface area contributed by atoms with Crippen molar-refractivity contribution >= 4 is 34.4 Å². The van der Waals surface area contributed by atoms with Gasteiger partial charge >= 0.3 is 0 Å². The molecule has 158 valence electrons. The maximum atomic E-state index is 5.51. The summed E-state index contributed by atoms with van der Waals surface area (Å²) >= 11 is 9.73. The predicted molar refractivity (Wildman–Crippen MR) is 127 cm³/mol. The van der Waals surface area contributed by atoms with E-state index < -0.39 is 0 Å². The van der Waals surface area contributed by atoms with E-state index in [1.165, 1.54) is 0 Å². The smallest absolute Gasteiger partial charge is 0.122 e. The Hall–Kier alpha value is -2.96. The van der Waals surface area contributed by atoms with Crippen LogP contribution in [0.3, 0.4) is 0 Å². The first kappa shape index (κ1) is 24.3. The molecule has 0 aromatic carbocycles. The van der Waals surface area contributed by atoms with E-state index >= 15 is 0 Å². The zero-order valence-corrected chi connectivity index (χ0v) is 19.3. The molecule has 0 saturated heterocycles. The molecule has 4 aromatic rings. The number of rotatable bonds is 4. The molecule has 4 heterocycles. The molecule has 0 aliphatic heterocycles. The van der Waals surface area contributed by atoms with Gasteiger partial charge in [-0.05, 0) is 48.5 Å². The monoisotopic (exact) mass is 536 g/mol. The van der Waals surface area contributed by atoms with E-state index in [1.54, 1.807) is 24.5 Å². The molecule has 4 rings (SSSR count). The predicted octanol–water partition coefficient (Wildman–Crippen LogP) is 3.55. The Balaban J connectivity index is 0.000000213. The minimum atomic E-state index is 0. The minimum absolute atomic E-state index is 0. The van der Waals surface area contributed by atoms with Gasteiger partial charge in [0.15, 0.2) is 0 Å². The zero-order valence-electron chi connectivity index (χ0n) is 16.2. The summed E-state index contributed by atoms with van der Waals surface area (Å²) in [4.78, 5) is 17.6. The van der Waals surface area contributed by atoms with E-state index in [0.29, 0.717) is 21.4 Å². The van der Waals surface area contributed by atoms with Gasteiger partial charge in [0.1, 0.15) is 9.98 Å². The van der Waals surface area contributed by atoms with Gasteiger partial charge in [0, 0.05) is 32.8 Å². The van der Waals surface area contributed by atoms with Crippen LogP contribution < -0.4 is 11.5 Å². The van der Waals surface area contributed by atoms with Crippen molar-refractivity contribution in [3.63, 3.8) is 0 Å². The topological polar surface area (TPSA) is 104 Å². The van der Waals surface area contributed by atoms with Crippen LogP contribution in [0.2, 0.25) is 0 Å². The van der Waals surface area contributed by atoms with Gasteiger partial charge in [-0.15, -0.1) is 0 Å². The molecule has 6 nitrogen and oxygen atoms in total. The summed E-state index contributed by atoms with van der Waals surface area (Å²) in [5.41, 5.74) is 15.4. The quantitative estimate of drug-likeness (QED) is 0.301. The summed E-state index contributed by atoms with van der Waals surface area (Å²) in [6.45, 7) is 0. The van der Waals surface area contributed by atoms with Crippen LogP contribution in [0.25, 0.3) is 22.8 Å². The fourth-order valence-corrected chi connectivity index (χ4v) is 2.69. The van der Waals surface area contributed by atoms with Crippen molar-refractivity contribution in [2.75, 3.05) is 0 Å². The number of hydrogen-bond acceptors (Lipinski definition) is 6. The van der Waals surface area contributed by atoms with Crippen LogP contribution in [-0.4, -0.2) is 29.9 Å². The van der Waals surface area contributed by atoms with Gasteiger partial charge in [0.05, 0.1) is 34.2 Å². The van der Waals surface area contributed by atoms with Gasteiger partial charge in [0.2, 0.25) is 0 Å². The fourth-order valence-electron chi connectivity index (χ4n) is 2.46. The number of thiocarbonyl (C=S) groups is 2. The Kier molecular flexibility index (Phi) is 9.44. The average molecular weight is 537 g/mol. The van der Waals surface area contributed by atoms with E-state index in [4.69, 9.17) is 35.9 Å². The second-order valence-electron chi connectivity index (χ2n) is 5.97. The maximum Gasteiger partial charge on any atom is 0.122 e. The van der Waals surface area contributed by atoms with Gasteiger partial charge in [-0.2, -0.15) is 0 Å². The Morgan fingerprint density at radius 3 is 1.26 bits per heavy atom. The van der Waals surface area contributed by atoms with Crippen molar-refractivity contribution < 1.29 is 20.4 Å². The molecule has 0 bridgehead atoms. The van der Waals surface area contributed by atoms with Crippen LogP contribution in [0, 0.1) is 0 Å². The van der Waals surface area contributed by atoms with Gasteiger partial charge in [-0.25, -0.2) is 9.97 Å². The first-order chi connectivity index (χ1) is 14.5. The van der Waals surface area contributed by atoms with Crippen molar-refractivity contribution in [1.29, 1.82) is 0 Å². The second kappa shape index (κ2) is 12.0. The van der Waals surface area contributed by atoms with Crippen molar-refractivity contribution in [2.24, 2.45) is 11.5 Å². The molecule has 31 heavy (non-hydrogen) atoms. The van der Waals surface area contributed by atoms with Crippen LogP contribution >= 0.6 is 24.4 Å². The van der Waals surface area contributed by atoms with Crippen LogP contribution in [0.5, 0.6) is 0 Å². The molecule has 4 N–H and O–H groups in total. The standard InChI is InChI=1S/2C11H9N3S.Pd/c2*12-11(15)10-6-3-5-9(14-10)8-4-1-2-7-13-8;/h2*1-7H,(H2,12,15);. The van der Waals surface area contributed by atoms with Gasteiger partial charge in [-0.1, -0.05) is 48.7 Å². The van der Waals surface area contributed by atoms with E-state index in [9.17, 15) is 0 Å². The normalized spacial score (nSPS) is 9.55. The Morgan fingerprint density at radius 2 is 0.935 bits per heavy atom.